The van der Waals surface area contributed by atoms with E-state index in [1.54, 1.807) is 18.2 Å². The number of anilines is 1. The van der Waals surface area contributed by atoms with E-state index in [9.17, 15) is 19.2 Å². The number of nitrogens with zero attached hydrogens (tertiary/aromatic N) is 2. The molecule has 4 aliphatic rings. The predicted molar refractivity (Wildman–Crippen MR) is 106 cm³/mol. The molecule has 1 aromatic carbocycles. The maximum Gasteiger partial charge on any atom is 0.321 e. The Labute approximate surface area is 173 Å². The molecule has 2 atom stereocenters. The van der Waals surface area contributed by atoms with Crippen molar-refractivity contribution in [2.75, 3.05) is 31.6 Å². The zero-order chi connectivity index (χ0) is 20.9. The molecule has 0 aromatic heterocycles. The van der Waals surface area contributed by atoms with Crippen molar-refractivity contribution in [2.45, 2.75) is 38.3 Å². The van der Waals surface area contributed by atoms with Crippen LogP contribution in [-0.4, -0.2) is 65.9 Å². The Morgan fingerprint density at radius 2 is 2.10 bits per heavy atom. The molecular formula is C21H24N4O5. The van der Waals surface area contributed by atoms with E-state index in [4.69, 9.17) is 4.74 Å². The van der Waals surface area contributed by atoms with Crippen molar-refractivity contribution in [3.63, 3.8) is 0 Å². The average molecular weight is 412 g/mol. The summed E-state index contributed by atoms with van der Waals surface area (Å²) in [6, 6.07) is 4.41. The van der Waals surface area contributed by atoms with Crippen LogP contribution in [0.3, 0.4) is 0 Å². The lowest BCUT2D eigenvalue weighted by Crippen LogP contribution is -2.52. The number of urea groups is 1. The van der Waals surface area contributed by atoms with Gasteiger partial charge in [0, 0.05) is 49.3 Å². The van der Waals surface area contributed by atoms with Crippen LogP contribution in [0.25, 0.3) is 0 Å². The second-order valence-electron chi connectivity index (χ2n) is 8.68. The van der Waals surface area contributed by atoms with E-state index in [2.05, 4.69) is 10.6 Å². The molecule has 158 valence electrons. The fraction of sp³-hybridized carbons (Fsp3) is 0.524. The van der Waals surface area contributed by atoms with E-state index in [0.717, 1.165) is 25.0 Å². The molecule has 2 N–H and O–H groups in total. The van der Waals surface area contributed by atoms with E-state index in [1.165, 1.54) is 4.90 Å². The first-order chi connectivity index (χ1) is 14.4. The van der Waals surface area contributed by atoms with Gasteiger partial charge in [0.05, 0.1) is 6.61 Å². The molecule has 5 rings (SSSR count). The summed E-state index contributed by atoms with van der Waals surface area (Å²) < 4.78 is 5.52. The van der Waals surface area contributed by atoms with Gasteiger partial charge in [0.15, 0.2) is 0 Å². The van der Waals surface area contributed by atoms with Gasteiger partial charge >= 0.3 is 6.03 Å². The number of piperidine rings is 1. The topological polar surface area (TPSA) is 108 Å². The van der Waals surface area contributed by atoms with Crippen LogP contribution in [0.2, 0.25) is 0 Å². The van der Waals surface area contributed by atoms with Gasteiger partial charge in [-0.05, 0) is 43.0 Å². The van der Waals surface area contributed by atoms with E-state index < -0.39 is 11.9 Å². The van der Waals surface area contributed by atoms with Gasteiger partial charge in [-0.25, -0.2) is 4.79 Å². The zero-order valence-electron chi connectivity index (χ0n) is 16.6. The molecule has 1 spiro atoms. The highest BCUT2D eigenvalue weighted by molar-refractivity contribution is 6.05. The Morgan fingerprint density at radius 1 is 1.23 bits per heavy atom. The molecule has 0 bridgehead atoms. The molecule has 0 saturated carbocycles. The fourth-order valence-electron chi connectivity index (χ4n) is 4.93. The number of rotatable bonds is 2. The Kier molecular flexibility index (Phi) is 4.50. The van der Waals surface area contributed by atoms with Crippen molar-refractivity contribution in [1.82, 2.24) is 15.1 Å². The van der Waals surface area contributed by atoms with Crippen LogP contribution < -0.4 is 10.6 Å². The van der Waals surface area contributed by atoms with Crippen LogP contribution in [-0.2, 0) is 20.9 Å². The third-order valence-electron chi connectivity index (χ3n) is 6.69. The van der Waals surface area contributed by atoms with Crippen molar-refractivity contribution in [3.8, 4) is 0 Å². The molecule has 2 unspecified atom stereocenters. The van der Waals surface area contributed by atoms with Crippen LogP contribution in [0.5, 0.6) is 0 Å². The number of carbonyl (C=O) groups is 4. The lowest BCUT2D eigenvalue weighted by molar-refractivity contribution is -0.136. The molecule has 30 heavy (non-hydrogen) atoms. The number of hydrogen-bond donors (Lipinski definition) is 2. The molecule has 9 nitrogen and oxygen atoms in total. The smallest absolute Gasteiger partial charge is 0.321 e. The van der Waals surface area contributed by atoms with E-state index in [0.29, 0.717) is 37.4 Å². The van der Waals surface area contributed by atoms with Gasteiger partial charge in [-0.1, -0.05) is 0 Å². The van der Waals surface area contributed by atoms with Crippen LogP contribution in [0.1, 0.15) is 41.6 Å². The maximum absolute atomic E-state index is 12.8. The SMILES string of the molecule is O=C1CCC(N2Cc3cc(NC(=O)N4CCC5(CCOC5)C4)ccc3C2=O)C(=O)N1. The minimum absolute atomic E-state index is 0.101. The summed E-state index contributed by atoms with van der Waals surface area (Å²) in [5, 5.41) is 5.24. The quantitative estimate of drug-likeness (QED) is 0.707. The van der Waals surface area contributed by atoms with Gasteiger partial charge in [-0.2, -0.15) is 0 Å². The largest absolute Gasteiger partial charge is 0.381 e. The van der Waals surface area contributed by atoms with Gasteiger partial charge in [0.25, 0.3) is 5.91 Å². The first kappa shape index (κ1) is 19.0. The minimum Gasteiger partial charge on any atom is -0.381 e. The molecule has 1 aromatic rings. The molecule has 9 heteroatoms. The Balaban J connectivity index is 1.26. The summed E-state index contributed by atoms with van der Waals surface area (Å²) in [4.78, 5) is 52.3. The first-order valence-electron chi connectivity index (χ1n) is 10.4. The summed E-state index contributed by atoms with van der Waals surface area (Å²) in [6.07, 6.45) is 2.50. The number of hydrogen-bond acceptors (Lipinski definition) is 5. The lowest BCUT2D eigenvalue weighted by atomic mass is 9.87. The first-order valence-corrected chi connectivity index (χ1v) is 10.4. The molecule has 5 amide bonds. The van der Waals surface area contributed by atoms with Crippen molar-refractivity contribution >= 4 is 29.4 Å². The third kappa shape index (κ3) is 3.23. The Bertz CT molecular complexity index is 939. The third-order valence-corrected chi connectivity index (χ3v) is 6.69. The van der Waals surface area contributed by atoms with Crippen LogP contribution in [0.4, 0.5) is 10.5 Å². The summed E-state index contributed by atoms with van der Waals surface area (Å²) in [5.41, 5.74) is 2.02. The van der Waals surface area contributed by atoms with Crippen LogP contribution in [0, 0.1) is 5.41 Å². The van der Waals surface area contributed by atoms with Gasteiger partial charge in [0.1, 0.15) is 6.04 Å². The van der Waals surface area contributed by atoms with Crippen molar-refractivity contribution in [3.05, 3.63) is 29.3 Å². The number of ether oxygens (including phenoxy) is 1. The van der Waals surface area contributed by atoms with Crippen LogP contribution in [0.15, 0.2) is 18.2 Å². The summed E-state index contributed by atoms with van der Waals surface area (Å²) in [7, 11) is 0. The molecule has 3 fully saturated rings. The van der Waals surface area contributed by atoms with E-state index in [1.807, 2.05) is 4.90 Å². The second kappa shape index (κ2) is 7.09. The second-order valence-corrected chi connectivity index (χ2v) is 8.68. The lowest BCUT2D eigenvalue weighted by Gasteiger charge is -2.29. The molecule has 4 heterocycles. The highest BCUT2D eigenvalue weighted by Gasteiger charge is 2.43. The monoisotopic (exact) mass is 412 g/mol. The van der Waals surface area contributed by atoms with Gasteiger partial charge < -0.3 is 19.9 Å². The van der Waals surface area contributed by atoms with E-state index >= 15 is 0 Å². The highest BCUT2D eigenvalue weighted by atomic mass is 16.5. The predicted octanol–water partition coefficient (Wildman–Crippen LogP) is 1.09. The summed E-state index contributed by atoms with van der Waals surface area (Å²) >= 11 is 0. The maximum atomic E-state index is 12.8. The van der Waals surface area contributed by atoms with Crippen LogP contribution >= 0.6 is 0 Å². The van der Waals surface area contributed by atoms with Crippen molar-refractivity contribution in [2.24, 2.45) is 5.41 Å². The number of carbonyl (C=O) groups excluding carboxylic acids is 4. The number of benzene rings is 1. The fourth-order valence-corrected chi connectivity index (χ4v) is 4.93. The Hall–Kier alpha value is -2.94. The summed E-state index contributed by atoms with van der Waals surface area (Å²) in [5.74, 6) is -0.960. The normalized spacial score (nSPS) is 28.3. The van der Waals surface area contributed by atoms with Crippen molar-refractivity contribution in [1.29, 1.82) is 0 Å². The van der Waals surface area contributed by atoms with Gasteiger partial charge in [0.2, 0.25) is 11.8 Å². The van der Waals surface area contributed by atoms with Crippen molar-refractivity contribution < 1.29 is 23.9 Å². The molecule has 0 aliphatic carbocycles. The number of likely N-dealkylation sites (tertiary alicyclic amines) is 1. The van der Waals surface area contributed by atoms with E-state index in [-0.39, 0.29) is 36.2 Å². The average Bonchev–Trinajstić information content (AvgIpc) is 3.43. The molecule has 3 saturated heterocycles. The molecule has 4 aliphatic heterocycles. The van der Waals surface area contributed by atoms with Gasteiger partial charge in [-0.15, -0.1) is 0 Å². The Morgan fingerprint density at radius 3 is 2.87 bits per heavy atom. The molecular weight excluding hydrogens is 388 g/mol. The molecule has 0 radical (unpaired) electrons. The number of nitrogens with one attached hydrogen (secondary N) is 2. The standard InChI is InChI=1S/C21H24N4O5/c26-17-4-3-16(18(27)23-17)25-10-13-9-14(1-2-15(13)19(25)28)22-20(29)24-7-5-21(11-24)6-8-30-12-21/h1-2,9,16H,3-8,10-12H2,(H,22,29)(H,23,26,27). The number of fused-ring (bicyclic) bond motifs is 1. The summed E-state index contributed by atoms with van der Waals surface area (Å²) in [6.45, 7) is 3.17. The number of imide groups is 1. The zero-order valence-corrected chi connectivity index (χ0v) is 16.6. The number of amides is 5. The van der Waals surface area contributed by atoms with Gasteiger partial charge in [-0.3, -0.25) is 19.7 Å². The highest BCUT2D eigenvalue weighted by Crippen LogP contribution is 2.38. The minimum atomic E-state index is -0.643.